The number of ether oxygens (including phenoxy) is 1. The molecular weight excluding hydrogens is 142 g/mol. The molecule has 0 aromatic carbocycles. The maximum absolute atomic E-state index is 9.32. The Hall–Kier alpha value is -0.120. The lowest BCUT2D eigenvalue weighted by Gasteiger charge is -2.21. The van der Waals surface area contributed by atoms with Crippen molar-refractivity contribution in [3.8, 4) is 0 Å². The van der Waals surface area contributed by atoms with Crippen LogP contribution in [0.3, 0.4) is 0 Å². The zero-order chi connectivity index (χ0) is 8.69. The monoisotopic (exact) mass is 161 g/mol. The third-order valence-electron chi connectivity index (χ3n) is 1.72. The van der Waals surface area contributed by atoms with Crippen LogP contribution in [0.25, 0.3) is 0 Å². The highest BCUT2D eigenvalue weighted by molar-refractivity contribution is 4.60. The summed E-state index contributed by atoms with van der Waals surface area (Å²) in [5, 5.41) is 9.32. The average Bonchev–Trinajstić information content (AvgIpc) is 2.01. The van der Waals surface area contributed by atoms with Gasteiger partial charge in [0.2, 0.25) is 0 Å². The number of hydrogen-bond donors (Lipinski definition) is 1. The van der Waals surface area contributed by atoms with Gasteiger partial charge < -0.3 is 14.7 Å². The first kappa shape index (κ1) is 10.9. The zero-order valence-corrected chi connectivity index (χ0v) is 7.71. The van der Waals surface area contributed by atoms with Gasteiger partial charge in [0.15, 0.2) is 0 Å². The van der Waals surface area contributed by atoms with Gasteiger partial charge in [-0.05, 0) is 13.1 Å². The van der Waals surface area contributed by atoms with Crippen molar-refractivity contribution < 1.29 is 9.84 Å². The molecule has 1 unspecified atom stereocenters. The molecule has 0 aromatic heterocycles. The van der Waals surface area contributed by atoms with Gasteiger partial charge in [0, 0.05) is 13.7 Å². The smallest absolute Gasteiger partial charge is 0.0900 e. The fraction of sp³-hybridized carbons (Fsp3) is 1.00. The van der Waals surface area contributed by atoms with Gasteiger partial charge in [0.1, 0.15) is 0 Å². The van der Waals surface area contributed by atoms with E-state index in [4.69, 9.17) is 4.74 Å². The zero-order valence-electron chi connectivity index (χ0n) is 7.71. The van der Waals surface area contributed by atoms with Crippen LogP contribution < -0.4 is 0 Å². The molecule has 0 aliphatic carbocycles. The Morgan fingerprint density at radius 3 is 2.27 bits per heavy atom. The highest BCUT2D eigenvalue weighted by atomic mass is 16.5. The van der Waals surface area contributed by atoms with E-state index < -0.39 is 0 Å². The summed E-state index contributed by atoms with van der Waals surface area (Å²) in [6.07, 6.45) is -0.347. The third-order valence-corrected chi connectivity index (χ3v) is 1.72. The van der Waals surface area contributed by atoms with Crippen molar-refractivity contribution in [1.82, 2.24) is 4.90 Å². The molecule has 0 saturated heterocycles. The number of hydrogen-bond acceptors (Lipinski definition) is 3. The van der Waals surface area contributed by atoms with E-state index in [-0.39, 0.29) is 6.10 Å². The Bertz CT molecular complexity index is 84.2. The Morgan fingerprint density at radius 1 is 1.36 bits per heavy atom. The topological polar surface area (TPSA) is 32.7 Å². The van der Waals surface area contributed by atoms with Crippen molar-refractivity contribution in [1.29, 1.82) is 0 Å². The van der Waals surface area contributed by atoms with Crippen LogP contribution >= 0.6 is 0 Å². The Labute approximate surface area is 69.0 Å². The van der Waals surface area contributed by atoms with Gasteiger partial charge in [-0.25, -0.2) is 0 Å². The number of nitrogens with zero attached hydrogens (tertiary/aromatic N) is 1. The van der Waals surface area contributed by atoms with E-state index in [1.54, 1.807) is 7.11 Å². The molecule has 0 amide bonds. The van der Waals surface area contributed by atoms with Crippen molar-refractivity contribution in [3.05, 3.63) is 0 Å². The van der Waals surface area contributed by atoms with E-state index in [0.29, 0.717) is 13.2 Å². The van der Waals surface area contributed by atoms with E-state index in [9.17, 15) is 5.11 Å². The van der Waals surface area contributed by atoms with E-state index in [0.717, 1.165) is 13.1 Å². The largest absolute Gasteiger partial charge is 0.389 e. The molecule has 1 atom stereocenters. The summed E-state index contributed by atoms with van der Waals surface area (Å²) in [6, 6.07) is 0. The van der Waals surface area contributed by atoms with E-state index >= 15 is 0 Å². The first-order valence-electron chi connectivity index (χ1n) is 4.13. The summed E-state index contributed by atoms with van der Waals surface area (Å²) in [5.74, 6) is 0. The molecule has 0 spiro atoms. The summed E-state index contributed by atoms with van der Waals surface area (Å²) in [6.45, 7) is 7.28. The van der Waals surface area contributed by atoms with Crippen molar-refractivity contribution in [2.24, 2.45) is 0 Å². The highest BCUT2D eigenvalue weighted by Gasteiger charge is 2.07. The maximum Gasteiger partial charge on any atom is 0.0900 e. The van der Waals surface area contributed by atoms with Crippen molar-refractivity contribution in [2.45, 2.75) is 20.0 Å². The molecule has 0 heterocycles. The van der Waals surface area contributed by atoms with Gasteiger partial charge in [-0.3, -0.25) is 0 Å². The third kappa shape index (κ3) is 5.18. The number of aliphatic hydroxyl groups is 1. The molecular formula is C8H19NO2. The quantitative estimate of drug-likeness (QED) is 0.609. The van der Waals surface area contributed by atoms with Crippen LogP contribution in [-0.2, 0) is 4.74 Å². The Kier molecular flexibility index (Phi) is 6.51. The molecule has 0 aliphatic heterocycles. The molecule has 1 N–H and O–H groups in total. The summed E-state index contributed by atoms with van der Waals surface area (Å²) in [7, 11) is 1.60. The number of rotatable bonds is 6. The second kappa shape index (κ2) is 6.58. The minimum Gasteiger partial charge on any atom is -0.389 e. The molecule has 0 aromatic rings. The van der Waals surface area contributed by atoms with Gasteiger partial charge in [-0.15, -0.1) is 0 Å². The SMILES string of the molecule is CCN(CC)CC(O)COC. The molecule has 0 saturated carbocycles. The summed E-state index contributed by atoms with van der Waals surface area (Å²) >= 11 is 0. The van der Waals surface area contributed by atoms with Gasteiger partial charge in [-0.2, -0.15) is 0 Å². The Morgan fingerprint density at radius 2 is 1.91 bits per heavy atom. The van der Waals surface area contributed by atoms with Crippen molar-refractivity contribution >= 4 is 0 Å². The predicted molar refractivity (Wildman–Crippen MR) is 45.7 cm³/mol. The lowest BCUT2D eigenvalue weighted by molar-refractivity contribution is 0.0400. The normalized spacial score (nSPS) is 13.9. The van der Waals surface area contributed by atoms with Crippen molar-refractivity contribution in [2.75, 3.05) is 33.4 Å². The summed E-state index contributed by atoms with van der Waals surface area (Å²) in [5.41, 5.74) is 0. The minimum atomic E-state index is -0.347. The van der Waals surface area contributed by atoms with E-state index in [1.165, 1.54) is 0 Å². The van der Waals surface area contributed by atoms with Gasteiger partial charge in [0.05, 0.1) is 12.7 Å². The molecule has 3 nitrogen and oxygen atoms in total. The van der Waals surface area contributed by atoms with Gasteiger partial charge in [-0.1, -0.05) is 13.8 Å². The van der Waals surface area contributed by atoms with Crippen LogP contribution in [0, 0.1) is 0 Å². The second-order valence-corrected chi connectivity index (χ2v) is 2.60. The summed E-state index contributed by atoms with van der Waals surface area (Å²) in [4.78, 5) is 2.17. The van der Waals surface area contributed by atoms with Crippen LogP contribution in [0.1, 0.15) is 13.8 Å². The number of methoxy groups -OCH3 is 1. The Balaban J connectivity index is 3.44. The van der Waals surface area contributed by atoms with Crippen LogP contribution in [-0.4, -0.2) is 49.5 Å². The van der Waals surface area contributed by atoms with E-state index in [2.05, 4.69) is 18.7 Å². The maximum atomic E-state index is 9.32. The minimum absolute atomic E-state index is 0.347. The second-order valence-electron chi connectivity index (χ2n) is 2.60. The number of aliphatic hydroxyl groups excluding tert-OH is 1. The standard InChI is InChI=1S/C8H19NO2/c1-4-9(5-2)6-8(10)7-11-3/h8,10H,4-7H2,1-3H3. The fourth-order valence-corrected chi connectivity index (χ4v) is 1.02. The van der Waals surface area contributed by atoms with Gasteiger partial charge >= 0.3 is 0 Å². The summed E-state index contributed by atoms with van der Waals surface area (Å²) < 4.78 is 4.82. The molecule has 0 rings (SSSR count). The number of likely N-dealkylation sites (N-methyl/N-ethyl adjacent to an activating group) is 1. The molecule has 0 aliphatic rings. The average molecular weight is 161 g/mol. The molecule has 68 valence electrons. The van der Waals surface area contributed by atoms with Crippen LogP contribution in [0.15, 0.2) is 0 Å². The van der Waals surface area contributed by atoms with Crippen LogP contribution in [0.4, 0.5) is 0 Å². The fourth-order valence-electron chi connectivity index (χ4n) is 1.02. The van der Waals surface area contributed by atoms with Crippen LogP contribution in [0.5, 0.6) is 0 Å². The highest BCUT2D eigenvalue weighted by Crippen LogP contribution is 1.91. The lowest BCUT2D eigenvalue weighted by Crippen LogP contribution is -2.34. The first-order chi connectivity index (χ1) is 5.24. The molecule has 0 radical (unpaired) electrons. The molecule has 3 heteroatoms. The molecule has 11 heavy (non-hydrogen) atoms. The molecule has 0 bridgehead atoms. The first-order valence-corrected chi connectivity index (χ1v) is 4.13. The van der Waals surface area contributed by atoms with E-state index in [1.807, 2.05) is 0 Å². The van der Waals surface area contributed by atoms with Gasteiger partial charge in [0.25, 0.3) is 0 Å². The predicted octanol–water partition coefficient (Wildman–Crippen LogP) is 0.335. The van der Waals surface area contributed by atoms with Crippen molar-refractivity contribution in [3.63, 3.8) is 0 Å². The van der Waals surface area contributed by atoms with Crippen LogP contribution in [0.2, 0.25) is 0 Å². The lowest BCUT2D eigenvalue weighted by atomic mass is 10.3. The molecule has 0 fully saturated rings.